The van der Waals surface area contributed by atoms with E-state index in [1.807, 2.05) is 31.0 Å². The van der Waals surface area contributed by atoms with Gasteiger partial charge in [0, 0.05) is 18.1 Å². The highest BCUT2D eigenvalue weighted by molar-refractivity contribution is 6.02. The molecule has 0 saturated heterocycles. The summed E-state index contributed by atoms with van der Waals surface area (Å²) in [6.45, 7) is 5.72. The van der Waals surface area contributed by atoms with Gasteiger partial charge in [-0.2, -0.15) is 5.10 Å². The van der Waals surface area contributed by atoms with Crippen LogP contribution in [0.3, 0.4) is 0 Å². The molecule has 1 aromatic carbocycles. The average Bonchev–Trinajstić information content (AvgIpc) is 2.77. The van der Waals surface area contributed by atoms with Crippen LogP contribution < -0.4 is 0 Å². The molecule has 0 aliphatic carbocycles. The third-order valence-electron chi connectivity index (χ3n) is 3.37. The van der Waals surface area contributed by atoms with Gasteiger partial charge in [0.15, 0.2) is 0 Å². The van der Waals surface area contributed by atoms with E-state index in [0.29, 0.717) is 10.9 Å². The molecule has 2 rings (SSSR count). The number of nitrogens with zero attached hydrogens (tertiary/aromatic N) is 3. The van der Waals surface area contributed by atoms with E-state index in [0.717, 1.165) is 24.2 Å². The first kappa shape index (κ1) is 14.5. The molecule has 0 saturated carbocycles. The molecule has 1 heterocycles. The van der Waals surface area contributed by atoms with Crippen molar-refractivity contribution in [1.29, 1.82) is 0 Å². The van der Waals surface area contributed by atoms with Crippen LogP contribution in [-0.4, -0.2) is 46.4 Å². The number of hydrogen-bond acceptors (Lipinski definition) is 3. The van der Waals surface area contributed by atoms with Crippen LogP contribution in [0.4, 0.5) is 0 Å². The summed E-state index contributed by atoms with van der Waals surface area (Å²) in [6.07, 6.45) is 1.83. The Bertz CT molecular complexity index is 629. The minimum atomic E-state index is -0.898. The lowest BCUT2D eigenvalue weighted by Gasteiger charge is -2.08. The van der Waals surface area contributed by atoms with Crippen molar-refractivity contribution in [2.24, 2.45) is 0 Å². The molecule has 5 nitrogen and oxygen atoms in total. The molecule has 0 unspecified atom stereocenters. The number of hydrogen-bond donors (Lipinski definition) is 1. The zero-order chi connectivity index (χ0) is 14.9. The summed E-state index contributed by atoms with van der Waals surface area (Å²) >= 11 is 0. The van der Waals surface area contributed by atoms with Crippen molar-refractivity contribution in [1.82, 2.24) is 14.7 Å². The van der Waals surface area contributed by atoms with Crippen LogP contribution in [0.15, 0.2) is 18.3 Å². The monoisotopic (exact) mass is 275 g/mol. The van der Waals surface area contributed by atoms with E-state index in [-0.39, 0.29) is 5.92 Å². The lowest BCUT2D eigenvalue weighted by atomic mass is 9.98. The van der Waals surface area contributed by atoms with Gasteiger partial charge in [-0.1, -0.05) is 13.8 Å². The van der Waals surface area contributed by atoms with Gasteiger partial charge in [-0.25, -0.2) is 4.79 Å². The topological polar surface area (TPSA) is 58.4 Å². The van der Waals surface area contributed by atoms with Gasteiger partial charge >= 0.3 is 5.97 Å². The highest BCUT2D eigenvalue weighted by Gasteiger charge is 2.15. The summed E-state index contributed by atoms with van der Waals surface area (Å²) in [6, 6.07) is 3.74. The standard InChI is InChI=1S/C15H21N3O2/c1-10(2)11-7-12(15(19)20)13-9-18(6-5-17(3)4)16-14(13)8-11/h7-10H,5-6H2,1-4H3,(H,19,20). The maximum atomic E-state index is 11.4. The van der Waals surface area contributed by atoms with Crippen LogP contribution in [0.5, 0.6) is 0 Å². The van der Waals surface area contributed by atoms with Crippen LogP contribution in [0.1, 0.15) is 35.7 Å². The van der Waals surface area contributed by atoms with Crippen molar-refractivity contribution < 1.29 is 9.90 Å². The number of carboxylic acid groups (broad SMARTS) is 1. The Morgan fingerprint density at radius 3 is 2.65 bits per heavy atom. The fraction of sp³-hybridized carbons (Fsp3) is 0.467. The van der Waals surface area contributed by atoms with Gasteiger partial charge in [0.2, 0.25) is 0 Å². The highest BCUT2D eigenvalue weighted by atomic mass is 16.4. The van der Waals surface area contributed by atoms with E-state index in [9.17, 15) is 9.90 Å². The number of aromatic carboxylic acids is 1. The van der Waals surface area contributed by atoms with Crippen LogP contribution >= 0.6 is 0 Å². The maximum Gasteiger partial charge on any atom is 0.336 e. The molecule has 5 heteroatoms. The van der Waals surface area contributed by atoms with Gasteiger partial charge < -0.3 is 10.0 Å². The van der Waals surface area contributed by atoms with Gasteiger partial charge in [0.25, 0.3) is 0 Å². The van der Waals surface area contributed by atoms with Crippen molar-refractivity contribution >= 4 is 16.9 Å². The van der Waals surface area contributed by atoms with Gasteiger partial charge in [0.1, 0.15) is 0 Å². The molecular formula is C15H21N3O2. The van der Waals surface area contributed by atoms with Crippen molar-refractivity contribution in [3.8, 4) is 0 Å². The number of rotatable bonds is 5. The molecule has 1 aromatic heterocycles. The smallest absolute Gasteiger partial charge is 0.336 e. The van der Waals surface area contributed by atoms with E-state index >= 15 is 0 Å². The number of carboxylic acids is 1. The predicted molar refractivity (Wildman–Crippen MR) is 79.3 cm³/mol. The highest BCUT2D eigenvalue weighted by Crippen LogP contribution is 2.24. The zero-order valence-electron chi connectivity index (χ0n) is 12.4. The SMILES string of the molecule is CC(C)c1cc(C(=O)O)c2cn(CCN(C)C)nc2c1. The van der Waals surface area contributed by atoms with Gasteiger partial charge in [-0.3, -0.25) is 4.68 Å². The van der Waals surface area contributed by atoms with Crippen molar-refractivity contribution in [2.45, 2.75) is 26.3 Å². The number of likely N-dealkylation sites (N-methyl/N-ethyl adjacent to an activating group) is 1. The fourth-order valence-corrected chi connectivity index (χ4v) is 2.12. The summed E-state index contributed by atoms with van der Waals surface area (Å²) in [5.41, 5.74) is 2.10. The molecule has 0 aliphatic rings. The maximum absolute atomic E-state index is 11.4. The van der Waals surface area contributed by atoms with Crippen LogP contribution in [0.25, 0.3) is 10.9 Å². The summed E-state index contributed by atoms with van der Waals surface area (Å²) in [5, 5.41) is 14.6. The lowest BCUT2D eigenvalue weighted by molar-refractivity contribution is 0.0699. The first-order valence-electron chi connectivity index (χ1n) is 6.77. The minimum Gasteiger partial charge on any atom is -0.478 e. The zero-order valence-corrected chi connectivity index (χ0v) is 12.4. The van der Waals surface area contributed by atoms with Crippen molar-refractivity contribution in [2.75, 3.05) is 20.6 Å². The Kier molecular flexibility index (Phi) is 4.09. The Balaban J connectivity index is 2.48. The van der Waals surface area contributed by atoms with Crippen molar-refractivity contribution in [3.63, 3.8) is 0 Å². The Hall–Kier alpha value is -1.88. The second-order valence-corrected chi connectivity index (χ2v) is 5.66. The molecule has 0 spiro atoms. The van der Waals surface area contributed by atoms with Gasteiger partial charge in [0.05, 0.1) is 17.6 Å². The third-order valence-corrected chi connectivity index (χ3v) is 3.37. The van der Waals surface area contributed by atoms with Gasteiger partial charge in [-0.15, -0.1) is 0 Å². The molecule has 2 aromatic rings. The van der Waals surface area contributed by atoms with E-state index < -0.39 is 5.97 Å². The van der Waals surface area contributed by atoms with E-state index in [1.165, 1.54) is 0 Å². The molecule has 108 valence electrons. The third kappa shape index (κ3) is 2.99. The molecule has 0 bridgehead atoms. The Morgan fingerprint density at radius 2 is 2.10 bits per heavy atom. The van der Waals surface area contributed by atoms with E-state index in [4.69, 9.17) is 0 Å². The van der Waals surface area contributed by atoms with Gasteiger partial charge in [-0.05, 0) is 37.7 Å². The summed E-state index contributed by atoms with van der Waals surface area (Å²) in [5.74, 6) is -0.617. The molecule has 0 fully saturated rings. The molecule has 0 radical (unpaired) electrons. The summed E-state index contributed by atoms with van der Waals surface area (Å²) < 4.78 is 1.82. The largest absolute Gasteiger partial charge is 0.478 e. The number of benzene rings is 1. The van der Waals surface area contributed by atoms with Crippen LogP contribution in [-0.2, 0) is 6.54 Å². The number of aromatic nitrogens is 2. The quantitative estimate of drug-likeness (QED) is 0.910. The van der Waals surface area contributed by atoms with Crippen LogP contribution in [0.2, 0.25) is 0 Å². The molecule has 20 heavy (non-hydrogen) atoms. The fourth-order valence-electron chi connectivity index (χ4n) is 2.12. The van der Waals surface area contributed by atoms with E-state index in [1.54, 1.807) is 6.07 Å². The lowest BCUT2D eigenvalue weighted by Crippen LogP contribution is -2.18. The van der Waals surface area contributed by atoms with E-state index in [2.05, 4.69) is 23.8 Å². The Morgan fingerprint density at radius 1 is 1.40 bits per heavy atom. The molecule has 0 atom stereocenters. The number of carbonyl (C=O) groups is 1. The minimum absolute atomic E-state index is 0.282. The van der Waals surface area contributed by atoms with Crippen molar-refractivity contribution in [3.05, 3.63) is 29.5 Å². The molecule has 0 amide bonds. The number of fused-ring (bicyclic) bond motifs is 1. The first-order chi connectivity index (χ1) is 9.38. The normalized spacial score (nSPS) is 11.7. The summed E-state index contributed by atoms with van der Waals surface area (Å²) in [7, 11) is 4.01. The average molecular weight is 275 g/mol. The predicted octanol–water partition coefficient (Wildman–Crippen LogP) is 2.42. The molecular weight excluding hydrogens is 254 g/mol. The molecule has 1 N–H and O–H groups in total. The van der Waals surface area contributed by atoms with Crippen LogP contribution in [0, 0.1) is 0 Å². The second kappa shape index (κ2) is 5.63. The second-order valence-electron chi connectivity index (χ2n) is 5.66. The Labute approximate surface area is 118 Å². The summed E-state index contributed by atoms with van der Waals surface area (Å²) in [4.78, 5) is 13.5. The first-order valence-corrected chi connectivity index (χ1v) is 6.77. The molecule has 0 aliphatic heterocycles.